The van der Waals surface area contributed by atoms with Gasteiger partial charge in [-0.15, -0.1) is 0 Å². The average Bonchev–Trinajstić information content (AvgIpc) is 2.55. The molecule has 0 saturated carbocycles. The Morgan fingerprint density at radius 1 is 1.38 bits per heavy atom. The van der Waals surface area contributed by atoms with Crippen molar-refractivity contribution in [2.75, 3.05) is 6.54 Å². The van der Waals surface area contributed by atoms with E-state index in [2.05, 4.69) is 11.4 Å². The molecule has 2 rings (SSSR count). The van der Waals surface area contributed by atoms with E-state index in [1.54, 1.807) is 6.92 Å². The predicted molar refractivity (Wildman–Crippen MR) is 64.3 cm³/mol. The van der Waals surface area contributed by atoms with E-state index in [0.717, 1.165) is 23.3 Å². The largest absolute Gasteiger partial charge is 0.461 e. The molecule has 1 aromatic heterocycles. The van der Waals surface area contributed by atoms with E-state index in [1.165, 1.54) is 5.56 Å². The minimum Gasteiger partial charge on any atom is -0.461 e. The van der Waals surface area contributed by atoms with E-state index >= 15 is 0 Å². The van der Waals surface area contributed by atoms with Crippen LogP contribution in [0.5, 0.6) is 0 Å². The van der Waals surface area contributed by atoms with Gasteiger partial charge in [-0.1, -0.05) is 18.2 Å². The molecular weight excluding hydrogens is 202 g/mol. The van der Waals surface area contributed by atoms with Gasteiger partial charge in [0.25, 0.3) is 0 Å². The number of furan rings is 1. The Morgan fingerprint density at radius 3 is 2.88 bits per heavy atom. The Balaban J connectivity index is 2.19. The van der Waals surface area contributed by atoms with Gasteiger partial charge < -0.3 is 14.8 Å². The predicted octanol–water partition coefficient (Wildman–Crippen LogP) is 2.21. The van der Waals surface area contributed by atoms with Crippen LogP contribution in [-0.4, -0.2) is 17.8 Å². The van der Waals surface area contributed by atoms with Crippen LogP contribution in [0.2, 0.25) is 0 Å². The van der Waals surface area contributed by atoms with Gasteiger partial charge >= 0.3 is 0 Å². The second-order valence-electron chi connectivity index (χ2n) is 4.11. The van der Waals surface area contributed by atoms with Crippen LogP contribution < -0.4 is 5.32 Å². The molecule has 0 fully saturated rings. The Hall–Kier alpha value is -1.32. The lowest BCUT2D eigenvalue weighted by Crippen LogP contribution is -2.23. The molecule has 0 aliphatic heterocycles. The van der Waals surface area contributed by atoms with Gasteiger partial charge in [0.1, 0.15) is 11.3 Å². The normalized spacial score (nSPS) is 13.2. The van der Waals surface area contributed by atoms with E-state index in [-0.39, 0.29) is 6.10 Å². The first-order chi connectivity index (χ1) is 7.68. The van der Waals surface area contributed by atoms with Crippen LogP contribution in [0.1, 0.15) is 18.2 Å². The van der Waals surface area contributed by atoms with Crippen LogP contribution in [0.3, 0.4) is 0 Å². The summed E-state index contributed by atoms with van der Waals surface area (Å²) in [6, 6.07) is 8.01. The highest BCUT2D eigenvalue weighted by Crippen LogP contribution is 2.24. The second kappa shape index (κ2) is 4.68. The number of nitrogens with one attached hydrogen (secondary N) is 1. The van der Waals surface area contributed by atoms with E-state index in [9.17, 15) is 5.11 Å². The molecule has 2 N–H and O–H groups in total. The molecule has 86 valence electrons. The molecule has 1 heterocycles. The van der Waals surface area contributed by atoms with Crippen LogP contribution in [0.4, 0.5) is 0 Å². The highest BCUT2D eigenvalue weighted by molar-refractivity contribution is 5.82. The van der Waals surface area contributed by atoms with Gasteiger partial charge in [0.2, 0.25) is 0 Å². The first-order valence-corrected chi connectivity index (χ1v) is 5.54. The Bertz CT molecular complexity index is 474. The number of fused-ring (bicyclic) bond motifs is 1. The third kappa shape index (κ3) is 2.26. The molecule has 0 saturated heterocycles. The monoisotopic (exact) mass is 219 g/mol. The maximum absolute atomic E-state index is 9.18. The summed E-state index contributed by atoms with van der Waals surface area (Å²) in [6.45, 7) is 5.07. The Morgan fingerprint density at radius 2 is 2.12 bits per heavy atom. The summed E-state index contributed by atoms with van der Waals surface area (Å²) in [5.41, 5.74) is 2.10. The number of rotatable bonds is 4. The lowest BCUT2D eigenvalue weighted by atomic mass is 10.1. The molecule has 0 unspecified atom stereocenters. The third-order valence-electron chi connectivity index (χ3n) is 2.64. The minimum absolute atomic E-state index is 0.321. The van der Waals surface area contributed by atoms with E-state index in [0.29, 0.717) is 6.54 Å². The van der Waals surface area contributed by atoms with Crippen LogP contribution in [0, 0.1) is 6.92 Å². The summed E-state index contributed by atoms with van der Waals surface area (Å²) in [5, 5.41) is 13.5. The zero-order valence-corrected chi connectivity index (χ0v) is 9.66. The van der Waals surface area contributed by atoms with Gasteiger partial charge in [0, 0.05) is 24.0 Å². The molecule has 3 nitrogen and oxygen atoms in total. The summed E-state index contributed by atoms with van der Waals surface area (Å²) in [5.74, 6) is 0.944. The van der Waals surface area contributed by atoms with Gasteiger partial charge in [-0.25, -0.2) is 0 Å². The molecule has 3 heteroatoms. The first kappa shape index (κ1) is 11.2. The van der Waals surface area contributed by atoms with Gasteiger partial charge in [-0.3, -0.25) is 0 Å². The number of hydrogen-bond donors (Lipinski definition) is 2. The molecule has 1 atom stereocenters. The Labute approximate surface area is 95.1 Å². The second-order valence-corrected chi connectivity index (χ2v) is 4.11. The fraction of sp³-hybridized carbons (Fsp3) is 0.385. The molecule has 0 bridgehead atoms. The number of hydrogen-bond acceptors (Lipinski definition) is 3. The van der Waals surface area contributed by atoms with Crippen molar-refractivity contribution in [1.29, 1.82) is 0 Å². The van der Waals surface area contributed by atoms with Crippen molar-refractivity contribution in [2.45, 2.75) is 26.5 Å². The molecule has 0 aliphatic carbocycles. The number of aliphatic hydroxyl groups excluding tert-OH is 1. The molecule has 0 spiro atoms. The third-order valence-corrected chi connectivity index (χ3v) is 2.64. The maximum Gasteiger partial charge on any atom is 0.134 e. The summed E-state index contributed by atoms with van der Waals surface area (Å²) in [6.07, 6.45) is -0.321. The van der Waals surface area contributed by atoms with Crippen molar-refractivity contribution in [3.8, 4) is 0 Å². The van der Waals surface area contributed by atoms with Crippen molar-refractivity contribution >= 4 is 11.0 Å². The number of aliphatic hydroxyl groups is 1. The van der Waals surface area contributed by atoms with E-state index < -0.39 is 0 Å². The highest BCUT2D eigenvalue weighted by Gasteiger charge is 2.09. The van der Waals surface area contributed by atoms with Crippen molar-refractivity contribution in [1.82, 2.24) is 5.32 Å². The SMILES string of the molecule is Cc1oc2ccccc2c1CNC[C@H](C)O. The van der Waals surface area contributed by atoms with Crippen LogP contribution in [0.15, 0.2) is 28.7 Å². The van der Waals surface area contributed by atoms with Gasteiger partial charge in [-0.2, -0.15) is 0 Å². The van der Waals surface area contributed by atoms with Crippen molar-refractivity contribution in [2.24, 2.45) is 0 Å². The number of para-hydroxylation sites is 1. The molecule has 0 amide bonds. The average molecular weight is 219 g/mol. The molecule has 2 aromatic rings. The summed E-state index contributed by atoms with van der Waals surface area (Å²) in [4.78, 5) is 0. The van der Waals surface area contributed by atoms with Gasteiger partial charge in [0.05, 0.1) is 6.10 Å². The molecular formula is C13H17NO2. The fourth-order valence-electron chi connectivity index (χ4n) is 1.85. The van der Waals surface area contributed by atoms with Crippen LogP contribution in [0.25, 0.3) is 11.0 Å². The fourth-order valence-corrected chi connectivity index (χ4v) is 1.85. The van der Waals surface area contributed by atoms with Crippen molar-refractivity contribution in [3.05, 3.63) is 35.6 Å². The maximum atomic E-state index is 9.18. The van der Waals surface area contributed by atoms with E-state index in [1.807, 2.05) is 25.1 Å². The molecule has 0 radical (unpaired) electrons. The zero-order valence-electron chi connectivity index (χ0n) is 9.66. The summed E-state index contributed by atoms with van der Waals surface area (Å²) < 4.78 is 5.65. The van der Waals surface area contributed by atoms with Gasteiger partial charge in [-0.05, 0) is 19.9 Å². The topological polar surface area (TPSA) is 45.4 Å². The first-order valence-electron chi connectivity index (χ1n) is 5.54. The minimum atomic E-state index is -0.321. The standard InChI is InChI=1S/C13H17NO2/c1-9(15)7-14-8-12-10(2)16-13-6-4-3-5-11(12)13/h3-6,9,14-15H,7-8H2,1-2H3/t9-/m0/s1. The number of aryl methyl sites for hydroxylation is 1. The summed E-state index contributed by atoms with van der Waals surface area (Å²) >= 11 is 0. The Kier molecular flexibility index (Phi) is 3.27. The highest BCUT2D eigenvalue weighted by atomic mass is 16.3. The van der Waals surface area contributed by atoms with Crippen LogP contribution in [-0.2, 0) is 6.54 Å². The lowest BCUT2D eigenvalue weighted by Gasteiger charge is -2.06. The van der Waals surface area contributed by atoms with Crippen LogP contribution >= 0.6 is 0 Å². The van der Waals surface area contributed by atoms with E-state index in [4.69, 9.17) is 4.42 Å². The zero-order chi connectivity index (χ0) is 11.5. The van der Waals surface area contributed by atoms with Crippen molar-refractivity contribution < 1.29 is 9.52 Å². The molecule has 0 aliphatic rings. The molecule has 16 heavy (non-hydrogen) atoms. The van der Waals surface area contributed by atoms with Gasteiger partial charge in [0.15, 0.2) is 0 Å². The molecule has 1 aromatic carbocycles. The number of benzene rings is 1. The summed E-state index contributed by atoms with van der Waals surface area (Å²) in [7, 11) is 0. The lowest BCUT2D eigenvalue weighted by molar-refractivity contribution is 0.191. The van der Waals surface area contributed by atoms with Crippen molar-refractivity contribution in [3.63, 3.8) is 0 Å². The smallest absolute Gasteiger partial charge is 0.134 e. The quantitative estimate of drug-likeness (QED) is 0.828.